The Morgan fingerprint density at radius 1 is 0.852 bits per heavy atom. The Kier molecular flexibility index (Phi) is 7.67. The van der Waals surface area contributed by atoms with E-state index < -0.39 is 5.91 Å². The van der Waals surface area contributed by atoms with Crippen molar-refractivity contribution in [2.75, 3.05) is 13.2 Å². The highest BCUT2D eigenvalue weighted by Crippen LogP contribution is 2.16. The summed E-state index contributed by atoms with van der Waals surface area (Å²) < 4.78 is 11.0. The quantitative estimate of drug-likeness (QED) is 0.553. The molecular formula is C21H26N2O4. The largest absolute Gasteiger partial charge is 0.494 e. The smallest absolute Gasteiger partial charge is 0.276 e. The number of nitrogens with one attached hydrogen (secondary N) is 2. The van der Waals surface area contributed by atoms with Crippen molar-refractivity contribution in [2.24, 2.45) is 0 Å². The van der Waals surface area contributed by atoms with Crippen LogP contribution >= 0.6 is 0 Å². The molecule has 0 saturated carbocycles. The molecule has 0 saturated heterocycles. The highest BCUT2D eigenvalue weighted by Gasteiger charge is 2.06. The molecule has 2 amide bonds. The predicted molar refractivity (Wildman–Crippen MR) is 104 cm³/mol. The van der Waals surface area contributed by atoms with Crippen LogP contribution in [0, 0.1) is 20.8 Å². The Bertz CT molecular complexity index is 790. The van der Waals surface area contributed by atoms with Gasteiger partial charge >= 0.3 is 0 Å². The van der Waals surface area contributed by atoms with Gasteiger partial charge in [0.05, 0.1) is 6.61 Å². The minimum Gasteiger partial charge on any atom is -0.494 e. The summed E-state index contributed by atoms with van der Waals surface area (Å²) in [5, 5.41) is 0. The van der Waals surface area contributed by atoms with Gasteiger partial charge in [-0.1, -0.05) is 18.2 Å². The van der Waals surface area contributed by atoms with Crippen LogP contribution in [0.4, 0.5) is 0 Å². The lowest BCUT2D eigenvalue weighted by Gasteiger charge is -2.10. The predicted octanol–water partition coefficient (Wildman–Crippen LogP) is 3.00. The highest BCUT2D eigenvalue weighted by atomic mass is 16.5. The van der Waals surface area contributed by atoms with Crippen molar-refractivity contribution in [1.82, 2.24) is 10.9 Å². The summed E-state index contributed by atoms with van der Waals surface area (Å²) in [7, 11) is 0. The number of amides is 2. The standard InChI is InChI=1S/C21H26N2O4/c1-15-6-4-7-18(12-15)26-11-5-8-20(24)22-23-21(25)14-27-19-10-9-16(2)17(3)13-19/h4,6-7,9-10,12-13H,5,8,11,14H2,1-3H3,(H,22,24)(H,23,25). The first-order valence-electron chi connectivity index (χ1n) is 8.91. The number of ether oxygens (including phenoxy) is 2. The zero-order valence-electron chi connectivity index (χ0n) is 16.0. The van der Waals surface area contributed by atoms with Crippen LogP contribution in [-0.4, -0.2) is 25.0 Å². The van der Waals surface area contributed by atoms with Gasteiger partial charge in [-0.15, -0.1) is 0 Å². The summed E-state index contributed by atoms with van der Waals surface area (Å²) >= 11 is 0. The van der Waals surface area contributed by atoms with Crippen molar-refractivity contribution in [1.29, 1.82) is 0 Å². The topological polar surface area (TPSA) is 76.7 Å². The van der Waals surface area contributed by atoms with E-state index in [0.717, 1.165) is 22.4 Å². The molecule has 2 rings (SSSR count). The molecule has 27 heavy (non-hydrogen) atoms. The second-order valence-electron chi connectivity index (χ2n) is 6.40. The summed E-state index contributed by atoms with van der Waals surface area (Å²) in [6.45, 7) is 6.24. The number of carbonyl (C=O) groups excluding carboxylic acids is 2. The third-order valence-electron chi connectivity index (χ3n) is 4.00. The van der Waals surface area contributed by atoms with Gasteiger partial charge in [0.25, 0.3) is 5.91 Å². The lowest BCUT2D eigenvalue weighted by molar-refractivity contribution is -0.130. The van der Waals surface area contributed by atoms with Gasteiger partial charge < -0.3 is 9.47 Å². The van der Waals surface area contributed by atoms with Crippen molar-refractivity contribution in [3.8, 4) is 11.5 Å². The number of hydrazine groups is 1. The number of rotatable bonds is 8. The number of aryl methyl sites for hydroxylation is 3. The monoisotopic (exact) mass is 370 g/mol. The van der Waals surface area contributed by atoms with Crippen LogP contribution < -0.4 is 20.3 Å². The summed E-state index contributed by atoms with van der Waals surface area (Å²) in [4.78, 5) is 23.5. The molecule has 0 bridgehead atoms. The average molecular weight is 370 g/mol. The molecule has 0 atom stereocenters. The third kappa shape index (κ3) is 7.40. The molecule has 0 radical (unpaired) electrons. The van der Waals surface area contributed by atoms with Gasteiger partial charge in [0.2, 0.25) is 5.91 Å². The van der Waals surface area contributed by atoms with E-state index >= 15 is 0 Å². The van der Waals surface area contributed by atoms with Gasteiger partial charge in [-0.05, 0) is 68.1 Å². The van der Waals surface area contributed by atoms with Crippen LogP contribution in [0.15, 0.2) is 42.5 Å². The lowest BCUT2D eigenvalue weighted by atomic mass is 10.1. The summed E-state index contributed by atoms with van der Waals surface area (Å²) in [6.07, 6.45) is 0.804. The van der Waals surface area contributed by atoms with E-state index in [1.165, 1.54) is 0 Å². The molecule has 0 unspecified atom stereocenters. The van der Waals surface area contributed by atoms with Crippen LogP contribution in [0.2, 0.25) is 0 Å². The van der Waals surface area contributed by atoms with Crippen molar-refractivity contribution < 1.29 is 19.1 Å². The molecule has 0 spiro atoms. The number of hydrogen-bond acceptors (Lipinski definition) is 4. The summed E-state index contributed by atoms with van der Waals surface area (Å²) in [5.41, 5.74) is 8.08. The van der Waals surface area contributed by atoms with Crippen LogP contribution in [-0.2, 0) is 9.59 Å². The molecule has 0 aliphatic heterocycles. The molecule has 0 aliphatic rings. The number of hydrogen-bond donors (Lipinski definition) is 2. The first kappa shape index (κ1) is 20.3. The molecule has 144 valence electrons. The van der Waals surface area contributed by atoms with Crippen molar-refractivity contribution in [3.05, 3.63) is 59.2 Å². The SMILES string of the molecule is Cc1cccc(OCCCC(=O)NNC(=O)COc2ccc(C)c(C)c2)c1. The third-order valence-corrected chi connectivity index (χ3v) is 4.00. The van der Waals surface area contributed by atoms with Gasteiger partial charge in [-0.3, -0.25) is 20.4 Å². The molecular weight excluding hydrogens is 344 g/mol. The summed E-state index contributed by atoms with van der Waals surface area (Å²) in [5.74, 6) is 0.708. The van der Waals surface area contributed by atoms with E-state index in [4.69, 9.17) is 9.47 Å². The lowest BCUT2D eigenvalue weighted by Crippen LogP contribution is -2.43. The van der Waals surface area contributed by atoms with Gasteiger partial charge in [0.1, 0.15) is 11.5 Å². The zero-order valence-corrected chi connectivity index (χ0v) is 16.0. The highest BCUT2D eigenvalue weighted by molar-refractivity contribution is 5.82. The molecule has 0 aromatic heterocycles. The van der Waals surface area contributed by atoms with Crippen molar-refractivity contribution in [3.63, 3.8) is 0 Å². The zero-order chi connectivity index (χ0) is 19.6. The first-order chi connectivity index (χ1) is 12.9. The Morgan fingerprint density at radius 2 is 1.59 bits per heavy atom. The Labute approximate surface area is 159 Å². The van der Waals surface area contributed by atoms with Gasteiger partial charge in [-0.25, -0.2) is 0 Å². The van der Waals surface area contributed by atoms with Crippen molar-refractivity contribution >= 4 is 11.8 Å². The fourth-order valence-electron chi connectivity index (χ4n) is 2.32. The molecule has 2 N–H and O–H groups in total. The van der Waals surface area contributed by atoms with E-state index in [-0.39, 0.29) is 18.9 Å². The average Bonchev–Trinajstić information content (AvgIpc) is 2.64. The number of benzene rings is 2. The fraction of sp³-hybridized carbons (Fsp3) is 0.333. The summed E-state index contributed by atoms with van der Waals surface area (Å²) in [6, 6.07) is 13.3. The Balaban J connectivity index is 1.59. The molecule has 6 heteroatoms. The fourth-order valence-corrected chi connectivity index (χ4v) is 2.32. The minimum absolute atomic E-state index is 0.167. The van der Waals surface area contributed by atoms with E-state index in [1.807, 2.05) is 63.2 Å². The molecule has 6 nitrogen and oxygen atoms in total. The van der Waals surface area contributed by atoms with E-state index in [1.54, 1.807) is 0 Å². The minimum atomic E-state index is -0.419. The van der Waals surface area contributed by atoms with Crippen LogP contribution in [0.3, 0.4) is 0 Å². The van der Waals surface area contributed by atoms with E-state index in [2.05, 4.69) is 10.9 Å². The maximum atomic E-state index is 11.7. The van der Waals surface area contributed by atoms with Gasteiger partial charge in [-0.2, -0.15) is 0 Å². The molecule has 0 fully saturated rings. The maximum absolute atomic E-state index is 11.7. The van der Waals surface area contributed by atoms with E-state index in [0.29, 0.717) is 18.8 Å². The van der Waals surface area contributed by atoms with Crippen molar-refractivity contribution in [2.45, 2.75) is 33.6 Å². The Morgan fingerprint density at radius 3 is 2.33 bits per heavy atom. The van der Waals surface area contributed by atoms with Gasteiger partial charge in [0, 0.05) is 6.42 Å². The maximum Gasteiger partial charge on any atom is 0.276 e. The van der Waals surface area contributed by atoms with Crippen LogP contribution in [0.5, 0.6) is 11.5 Å². The second kappa shape index (κ2) is 10.2. The van der Waals surface area contributed by atoms with Crippen LogP contribution in [0.1, 0.15) is 29.5 Å². The first-order valence-corrected chi connectivity index (χ1v) is 8.91. The van der Waals surface area contributed by atoms with Crippen LogP contribution in [0.25, 0.3) is 0 Å². The molecule has 0 heterocycles. The molecule has 0 aliphatic carbocycles. The molecule has 2 aromatic carbocycles. The number of carbonyl (C=O) groups is 2. The Hall–Kier alpha value is -3.02. The second-order valence-corrected chi connectivity index (χ2v) is 6.40. The molecule has 2 aromatic rings. The normalized spacial score (nSPS) is 10.2. The van der Waals surface area contributed by atoms with E-state index in [9.17, 15) is 9.59 Å². The van der Waals surface area contributed by atoms with Gasteiger partial charge in [0.15, 0.2) is 6.61 Å².